The monoisotopic (exact) mass is 530 g/mol. The molecule has 1 aromatic heterocycles. The van der Waals surface area contributed by atoms with Gasteiger partial charge in [0, 0.05) is 22.9 Å². The molecule has 39 heavy (non-hydrogen) atoms. The van der Waals surface area contributed by atoms with E-state index in [9.17, 15) is 19.1 Å². The van der Waals surface area contributed by atoms with Crippen LogP contribution in [-0.4, -0.2) is 15.8 Å². The second kappa shape index (κ2) is 11.3. The Balaban J connectivity index is 2.06. The summed E-state index contributed by atoms with van der Waals surface area (Å²) in [6.45, 7) is 10.5. The van der Waals surface area contributed by atoms with Crippen molar-refractivity contribution in [1.29, 1.82) is 0 Å². The van der Waals surface area contributed by atoms with E-state index in [1.165, 1.54) is 12.1 Å². The standard InChI is InChI=1S/C32H35FN2O4/c1-20(2)18-35-28(29(32(3,4)5)34-31(37)38)27(22-11-13-23(33)14-12-22)26-17-24(15-16-25(26)30(35)36)39-19-21-9-7-6-8-10-21/h6-17,20,29,34H,18-19H2,1-5H3,(H,37,38). The van der Waals surface area contributed by atoms with Crippen molar-refractivity contribution in [1.82, 2.24) is 9.88 Å². The summed E-state index contributed by atoms with van der Waals surface area (Å²) < 4.78 is 21.8. The van der Waals surface area contributed by atoms with Crippen LogP contribution in [0.4, 0.5) is 9.18 Å². The van der Waals surface area contributed by atoms with Gasteiger partial charge in [-0.05, 0) is 52.8 Å². The fourth-order valence-electron chi connectivity index (χ4n) is 4.86. The number of nitrogens with zero attached hydrogens (tertiary/aromatic N) is 1. The van der Waals surface area contributed by atoms with E-state index in [-0.39, 0.29) is 17.3 Å². The zero-order valence-electron chi connectivity index (χ0n) is 23.0. The van der Waals surface area contributed by atoms with Crippen LogP contribution in [-0.2, 0) is 13.2 Å². The lowest BCUT2D eigenvalue weighted by atomic mass is 9.80. The SMILES string of the molecule is CC(C)Cn1c(C(NC(=O)O)C(C)(C)C)c(-c2ccc(F)cc2)c2cc(OCc3ccccc3)ccc2c1=O. The van der Waals surface area contributed by atoms with Crippen molar-refractivity contribution >= 4 is 16.9 Å². The molecule has 3 aromatic carbocycles. The molecule has 0 radical (unpaired) electrons. The van der Waals surface area contributed by atoms with Crippen molar-refractivity contribution in [2.24, 2.45) is 11.3 Å². The number of pyridine rings is 1. The van der Waals surface area contributed by atoms with Gasteiger partial charge in [-0.2, -0.15) is 0 Å². The van der Waals surface area contributed by atoms with E-state index in [0.29, 0.717) is 46.5 Å². The van der Waals surface area contributed by atoms with Crippen molar-refractivity contribution in [3.63, 3.8) is 0 Å². The van der Waals surface area contributed by atoms with Gasteiger partial charge >= 0.3 is 6.09 Å². The second-order valence-electron chi connectivity index (χ2n) is 11.3. The fourth-order valence-corrected chi connectivity index (χ4v) is 4.86. The molecule has 0 saturated carbocycles. The van der Waals surface area contributed by atoms with Crippen LogP contribution in [0.1, 0.15) is 51.9 Å². The number of rotatable bonds is 8. The molecule has 1 atom stereocenters. The molecule has 4 rings (SSSR count). The van der Waals surface area contributed by atoms with Gasteiger partial charge in [-0.1, -0.05) is 77.1 Å². The zero-order chi connectivity index (χ0) is 28.3. The Morgan fingerprint density at radius 3 is 2.26 bits per heavy atom. The van der Waals surface area contributed by atoms with Crippen LogP contribution in [0.25, 0.3) is 21.9 Å². The summed E-state index contributed by atoms with van der Waals surface area (Å²) in [7, 11) is 0. The molecule has 7 heteroatoms. The van der Waals surface area contributed by atoms with Crippen molar-refractivity contribution in [2.45, 2.75) is 53.8 Å². The maximum atomic E-state index is 14.0. The van der Waals surface area contributed by atoms with Gasteiger partial charge in [0.2, 0.25) is 0 Å². The molecule has 1 unspecified atom stereocenters. The first-order chi connectivity index (χ1) is 18.5. The minimum absolute atomic E-state index is 0.110. The number of fused-ring (bicyclic) bond motifs is 1. The first-order valence-electron chi connectivity index (χ1n) is 13.1. The normalized spacial score (nSPS) is 12.5. The van der Waals surface area contributed by atoms with E-state index >= 15 is 0 Å². The number of aromatic nitrogens is 1. The third-order valence-corrected chi connectivity index (χ3v) is 6.62. The highest BCUT2D eigenvalue weighted by Crippen LogP contribution is 2.42. The van der Waals surface area contributed by atoms with Crippen molar-refractivity contribution in [3.05, 3.63) is 100 Å². The zero-order valence-corrected chi connectivity index (χ0v) is 23.0. The van der Waals surface area contributed by atoms with Crippen LogP contribution < -0.4 is 15.6 Å². The van der Waals surface area contributed by atoms with Crippen LogP contribution >= 0.6 is 0 Å². The van der Waals surface area contributed by atoms with Crippen LogP contribution in [0.3, 0.4) is 0 Å². The smallest absolute Gasteiger partial charge is 0.405 e. The van der Waals surface area contributed by atoms with Gasteiger partial charge < -0.3 is 19.7 Å². The molecule has 0 aliphatic heterocycles. The quantitative estimate of drug-likeness (QED) is 0.249. The van der Waals surface area contributed by atoms with Gasteiger partial charge in [-0.15, -0.1) is 0 Å². The van der Waals surface area contributed by atoms with Crippen LogP contribution in [0.5, 0.6) is 5.75 Å². The second-order valence-corrected chi connectivity index (χ2v) is 11.3. The number of ether oxygens (including phenoxy) is 1. The van der Waals surface area contributed by atoms with Gasteiger partial charge in [0.05, 0.1) is 11.7 Å². The van der Waals surface area contributed by atoms with Crippen LogP contribution in [0.15, 0.2) is 77.6 Å². The topological polar surface area (TPSA) is 80.6 Å². The molecule has 2 N–H and O–H groups in total. The molecule has 0 aliphatic rings. The summed E-state index contributed by atoms with van der Waals surface area (Å²) in [6, 6.07) is 20.4. The molecule has 0 saturated heterocycles. The lowest BCUT2D eigenvalue weighted by molar-refractivity contribution is 0.172. The predicted molar refractivity (Wildman–Crippen MR) is 153 cm³/mol. The molecule has 0 bridgehead atoms. The van der Waals surface area contributed by atoms with Gasteiger partial charge in [0.25, 0.3) is 5.56 Å². The lowest BCUT2D eigenvalue weighted by Gasteiger charge is -2.35. The first kappa shape index (κ1) is 27.9. The van der Waals surface area contributed by atoms with E-state index in [2.05, 4.69) is 5.32 Å². The Morgan fingerprint density at radius 1 is 1.00 bits per heavy atom. The average Bonchev–Trinajstić information content (AvgIpc) is 2.88. The fraction of sp³-hybridized carbons (Fsp3) is 0.312. The Labute approximate surface area is 228 Å². The Bertz CT molecular complexity index is 1520. The number of hydrogen-bond donors (Lipinski definition) is 2. The molecule has 1 heterocycles. The summed E-state index contributed by atoms with van der Waals surface area (Å²) in [5, 5.41) is 13.6. The van der Waals surface area contributed by atoms with E-state index in [0.717, 1.165) is 5.56 Å². The summed E-state index contributed by atoms with van der Waals surface area (Å²) >= 11 is 0. The van der Waals surface area contributed by atoms with Crippen molar-refractivity contribution in [3.8, 4) is 16.9 Å². The van der Waals surface area contributed by atoms with Gasteiger partial charge in [-0.25, -0.2) is 9.18 Å². The molecular formula is C32H35FN2O4. The highest BCUT2D eigenvalue weighted by Gasteiger charge is 2.34. The molecular weight excluding hydrogens is 495 g/mol. The highest BCUT2D eigenvalue weighted by atomic mass is 19.1. The predicted octanol–water partition coefficient (Wildman–Crippen LogP) is 7.40. The number of nitrogens with one attached hydrogen (secondary N) is 1. The first-order valence-corrected chi connectivity index (χ1v) is 13.1. The number of hydrogen-bond acceptors (Lipinski definition) is 3. The Morgan fingerprint density at radius 2 is 1.67 bits per heavy atom. The number of amides is 1. The lowest BCUT2D eigenvalue weighted by Crippen LogP contribution is -2.40. The largest absolute Gasteiger partial charge is 0.489 e. The number of benzene rings is 3. The average molecular weight is 531 g/mol. The molecule has 6 nitrogen and oxygen atoms in total. The summed E-state index contributed by atoms with van der Waals surface area (Å²) in [5.41, 5.74) is 2.09. The van der Waals surface area contributed by atoms with Crippen molar-refractivity contribution < 1.29 is 19.0 Å². The summed E-state index contributed by atoms with van der Waals surface area (Å²) in [5.74, 6) is 0.294. The van der Waals surface area contributed by atoms with Gasteiger partial charge in [-0.3, -0.25) is 4.79 Å². The third-order valence-electron chi connectivity index (χ3n) is 6.62. The minimum Gasteiger partial charge on any atom is -0.489 e. The molecule has 204 valence electrons. The molecule has 0 aliphatic carbocycles. The van der Waals surface area contributed by atoms with E-state index in [1.807, 2.05) is 71.0 Å². The van der Waals surface area contributed by atoms with Crippen molar-refractivity contribution in [2.75, 3.05) is 0 Å². The van der Waals surface area contributed by atoms with Crippen LogP contribution in [0, 0.1) is 17.2 Å². The van der Waals surface area contributed by atoms with E-state index in [4.69, 9.17) is 4.74 Å². The van der Waals surface area contributed by atoms with E-state index in [1.54, 1.807) is 28.8 Å². The van der Waals surface area contributed by atoms with Gasteiger partial charge in [0.15, 0.2) is 0 Å². The molecule has 0 fully saturated rings. The molecule has 1 amide bonds. The third kappa shape index (κ3) is 6.30. The summed E-state index contributed by atoms with van der Waals surface area (Å²) in [4.78, 5) is 26.0. The molecule has 4 aromatic rings. The van der Waals surface area contributed by atoms with Crippen LogP contribution in [0.2, 0.25) is 0 Å². The maximum Gasteiger partial charge on any atom is 0.405 e. The number of carboxylic acid groups (broad SMARTS) is 1. The Hall–Kier alpha value is -4.13. The minimum atomic E-state index is -1.19. The number of halogens is 1. The van der Waals surface area contributed by atoms with E-state index < -0.39 is 17.6 Å². The molecule has 0 spiro atoms. The maximum absolute atomic E-state index is 14.0. The highest BCUT2D eigenvalue weighted by molar-refractivity contribution is 5.98. The summed E-state index contributed by atoms with van der Waals surface area (Å²) in [6.07, 6.45) is -1.19. The van der Waals surface area contributed by atoms with Gasteiger partial charge in [0.1, 0.15) is 18.2 Å². The number of carbonyl (C=O) groups is 1. The Kier molecular flexibility index (Phi) is 8.09.